The predicted molar refractivity (Wildman–Crippen MR) is 64.9 cm³/mol. The Hall–Kier alpha value is -2.05. The summed E-state index contributed by atoms with van der Waals surface area (Å²) in [4.78, 5) is 22.4. The Balaban J connectivity index is 2.34. The first-order valence-corrected chi connectivity index (χ1v) is 5.79. The van der Waals surface area contributed by atoms with E-state index < -0.39 is 17.4 Å². The lowest BCUT2D eigenvalue weighted by Gasteiger charge is -2.34. The van der Waals surface area contributed by atoms with Gasteiger partial charge < -0.3 is 4.90 Å². The van der Waals surface area contributed by atoms with Gasteiger partial charge in [-0.1, -0.05) is 0 Å². The van der Waals surface area contributed by atoms with Gasteiger partial charge in [0.25, 0.3) is 11.6 Å². The Bertz CT molecular complexity index is 520. The lowest BCUT2D eigenvalue weighted by Crippen LogP contribution is -2.43. The van der Waals surface area contributed by atoms with Crippen LogP contribution in [0.2, 0.25) is 0 Å². The van der Waals surface area contributed by atoms with E-state index in [1.165, 1.54) is 17.0 Å². The molecule has 1 aliphatic rings. The molecular formula is C12H12F2N2O3. The van der Waals surface area contributed by atoms with Gasteiger partial charge in [0.1, 0.15) is 0 Å². The number of piperidine rings is 1. The number of non-ortho nitro benzene ring substituents is 1. The second kappa shape index (κ2) is 4.91. The normalized spacial score (nSPS) is 18.1. The molecule has 19 heavy (non-hydrogen) atoms. The second-order valence-corrected chi connectivity index (χ2v) is 4.50. The van der Waals surface area contributed by atoms with Crippen LogP contribution in [0.3, 0.4) is 0 Å². The van der Waals surface area contributed by atoms with Crippen LogP contribution < -0.4 is 4.90 Å². The summed E-state index contributed by atoms with van der Waals surface area (Å²) < 4.78 is 26.7. The Morgan fingerprint density at radius 3 is 2.74 bits per heavy atom. The molecule has 0 bridgehead atoms. The van der Waals surface area contributed by atoms with Crippen LogP contribution >= 0.6 is 0 Å². The average Bonchev–Trinajstić information content (AvgIpc) is 2.36. The van der Waals surface area contributed by atoms with Crippen LogP contribution in [0.5, 0.6) is 0 Å². The molecule has 0 N–H and O–H groups in total. The predicted octanol–water partition coefficient (Wildman–Crippen LogP) is 2.64. The van der Waals surface area contributed by atoms with Crippen molar-refractivity contribution >= 4 is 17.7 Å². The van der Waals surface area contributed by atoms with Crippen molar-refractivity contribution < 1.29 is 18.5 Å². The minimum Gasteiger partial charge on any atom is -0.365 e. The molecular weight excluding hydrogens is 258 g/mol. The number of nitrogens with zero attached hydrogens (tertiary/aromatic N) is 2. The van der Waals surface area contributed by atoms with Crippen molar-refractivity contribution in [2.24, 2.45) is 0 Å². The number of benzene rings is 1. The van der Waals surface area contributed by atoms with Crippen molar-refractivity contribution in [2.75, 3.05) is 18.0 Å². The largest absolute Gasteiger partial charge is 0.365 e. The van der Waals surface area contributed by atoms with E-state index in [2.05, 4.69) is 0 Å². The smallest absolute Gasteiger partial charge is 0.270 e. The van der Waals surface area contributed by atoms with E-state index in [9.17, 15) is 23.7 Å². The number of halogens is 2. The summed E-state index contributed by atoms with van der Waals surface area (Å²) in [7, 11) is 0. The van der Waals surface area contributed by atoms with Crippen LogP contribution in [-0.4, -0.2) is 30.2 Å². The van der Waals surface area contributed by atoms with Gasteiger partial charge >= 0.3 is 0 Å². The van der Waals surface area contributed by atoms with Gasteiger partial charge in [-0.15, -0.1) is 0 Å². The molecule has 1 saturated heterocycles. The SMILES string of the molecule is O=Cc1cc([N+](=O)[O-])ccc1N1CCCC(F)(F)C1. The summed E-state index contributed by atoms with van der Waals surface area (Å²) in [6.45, 7) is -0.0557. The Morgan fingerprint density at radius 1 is 1.42 bits per heavy atom. The molecule has 1 aromatic rings. The van der Waals surface area contributed by atoms with E-state index in [1.807, 2.05) is 0 Å². The summed E-state index contributed by atoms with van der Waals surface area (Å²) in [6.07, 6.45) is 0.601. The highest BCUT2D eigenvalue weighted by atomic mass is 19.3. The van der Waals surface area contributed by atoms with E-state index in [1.54, 1.807) is 0 Å². The molecule has 0 saturated carbocycles. The highest BCUT2D eigenvalue weighted by Gasteiger charge is 2.35. The molecule has 0 spiro atoms. The van der Waals surface area contributed by atoms with Crippen molar-refractivity contribution in [1.29, 1.82) is 0 Å². The Labute approximate surface area is 108 Å². The van der Waals surface area contributed by atoms with Gasteiger partial charge in [-0.3, -0.25) is 14.9 Å². The number of anilines is 1. The molecule has 0 radical (unpaired) electrons. The van der Waals surface area contributed by atoms with Crippen LogP contribution in [-0.2, 0) is 0 Å². The summed E-state index contributed by atoms with van der Waals surface area (Å²) >= 11 is 0. The fourth-order valence-corrected chi connectivity index (χ4v) is 2.21. The van der Waals surface area contributed by atoms with Gasteiger partial charge in [-0.2, -0.15) is 0 Å². The molecule has 5 nitrogen and oxygen atoms in total. The van der Waals surface area contributed by atoms with Gasteiger partial charge in [0.05, 0.1) is 11.5 Å². The molecule has 0 aromatic heterocycles. The molecule has 1 aliphatic heterocycles. The van der Waals surface area contributed by atoms with Crippen LogP contribution in [0.4, 0.5) is 20.2 Å². The van der Waals surface area contributed by atoms with Crippen molar-refractivity contribution in [3.63, 3.8) is 0 Å². The van der Waals surface area contributed by atoms with Gasteiger partial charge in [0, 0.05) is 36.3 Å². The molecule has 0 amide bonds. The number of nitro groups is 1. The van der Waals surface area contributed by atoms with E-state index in [0.717, 1.165) is 6.07 Å². The number of carbonyl (C=O) groups excluding carboxylic acids is 1. The minimum absolute atomic E-state index is 0.0619. The number of hydrogen-bond acceptors (Lipinski definition) is 4. The number of aldehydes is 1. The zero-order chi connectivity index (χ0) is 14.0. The lowest BCUT2D eigenvalue weighted by molar-refractivity contribution is -0.384. The number of hydrogen-bond donors (Lipinski definition) is 0. The number of rotatable bonds is 3. The van der Waals surface area contributed by atoms with E-state index in [0.29, 0.717) is 24.9 Å². The zero-order valence-corrected chi connectivity index (χ0v) is 10.0. The van der Waals surface area contributed by atoms with Crippen LogP contribution in [0.25, 0.3) is 0 Å². The standard InChI is InChI=1S/C12H12F2N2O3/c13-12(14)4-1-5-15(8-12)11-3-2-10(16(18)19)6-9(11)7-17/h2-3,6-7H,1,4-5,8H2. The van der Waals surface area contributed by atoms with Gasteiger partial charge in [0.2, 0.25) is 0 Å². The first-order chi connectivity index (χ1) is 8.93. The molecule has 1 heterocycles. The molecule has 1 aromatic carbocycles. The fourth-order valence-electron chi connectivity index (χ4n) is 2.21. The Morgan fingerprint density at radius 2 is 2.16 bits per heavy atom. The van der Waals surface area contributed by atoms with Crippen molar-refractivity contribution in [2.45, 2.75) is 18.8 Å². The molecule has 102 valence electrons. The van der Waals surface area contributed by atoms with Crippen LogP contribution in [0.15, 0.2) is 18.2 Å². The zero-order valence-electron chi connectivity index (χ0n) is 10.0. The molecule has 0 unspecified atom stereocenters. The highest BCUT2D eigenvalue weighted by Crippen LogP contribution is 2.32. The maximum atomic E-state index is 13.3. The summed E-state index contributed by atoms with van der Waals surface area (Å²) in [5.41, 5.74) is 0.154. The number of nitro benzene ring substituents is 1. The van der Waals surface area contributed by atoms with Crippen molar-refractivity contribution in [1.82, 2.24) is 0 Å². The van der Waals surface area contributed by atoms with E-state index >= 15 is 0 Å². The minimum atomic E-state index is -2.79. The first-order valence-electron chi connectivity index (χ1n) is 5.79. The molecule has 0 atom stereocenters. The topological polar surface area (TPSA) is 63.4 Å². The number of carbonyl (C=O) groups is 1. The summed E-state index contributed by atoms with van der Waals surface area (Å²) in [5, 5.41) is 10.6. The van der Waals surface area contributed by atoms with Crippen LogP contribution in [0.1, 0.15) is 23.2 Å². The van der Waals surface area contributed by atoms with Crippen LogP contribution in [0, 0.1) is 10.1 Å². The van der Waals surface area contributed by atoms with Gasteiger partial charge in [-0.05, 0) is 12.5 Å². The van der Waals surface area contributed by atoms with Crippen molar-refractivity contribution in [3.05, 3.63) is 33.9 Å². The highest BCUT2D eigenvalue weighted by molar-refractivity contribution is 5.86. The Kier molecular flexibility index (Phi) is 3.46. The van der Waals surface area contributed by atoms with E-state index in [4.69, 9.17) is 0 Å². The summed E-state index contributed by atoms with van der Waals surface area (Å²) in [6, 6.07) is 3.67. The quantitative estimate of drug-likeness (QED) is 0.481. The molecule has 0 aliphatic carbocycles. The second-order valence-electron chi connectivity index (χ2n) is 4.50. The monoisotopic (exact) mass is 270 g/mol. The summed E-state index contributed by atoms with van der Waals surface area (Å²) in [5.74, 6) is -2.79. The van der Waals surface area contributed by atoms with E-state index in [-0.39, 0.29) is 17.7 Å². The third-order valence-corrected chi connectivity index (χ3v) is 3.08. The molecule has 2 rings (SSSR count). The first kappa shape index (κ1) is 13.4. The molecule has 7 heteroatoms. The molecule has 1 fully saturated rings. The third kappa shape index (κ3) is 2.86. The number of alkyl halides is 2. The maximum Gasteiger partial charge on any atom is 0.270 e. The van der Waals surface area contributed by atoms with Crippen molar-refractivity contribution in [3.8, 4) is 0 Å². The fraction of sp³-hybridized carbons (Fsp3) is 0.417. The lowest BCUT2D eigenvalue weighted by atomic mass is 10.0. The maximum absolute atomic E-state index is 13.3. The van der Waals surface area contributed by atoms with Gasteiger partial charge in [-0.25, -0.2) is 8.78 Å². The third-order valence-electron chi connectivity index (χ3n) is 3.08. The van der Waals surface area contributed by atoms with Gasteiger partial charge in [0.15, 0.2) is 6.29 Å². The average molecular weight is 270 g/mol.